The van der Waals surface area contributed by atoms with Crippen molar-refractivity contribution in [3.05, 3.63) is 21.2 Å². The van der Waals surface area contributed by atoms with Gasteiger partial charge in [0.1, 0.15) is 10.6 Å². The highest BCUT2D eigenvalue weighted by Gasteiger charge is 2.39. The number of rotatable bonds is 0. The number of halogens is 2. The fourth-order valence-electron chi connectivity index (χ4n) is 1.42. The second-order valence-electron chi connectivity index (χ2n) is 2.88. The maximum atomic E-state index is 11.3. The SMILES string of the molecule is O=C1OC(=O)c2c1c(Cl)c(Cl)c1ooc21. The van der Waals surface area contributed by atoms with Gasteiger partial charge >= 0.3 is 11.9 Å². The highest BCUT2D eigenvalue weighted by atomic mass is 35.5. The molecule has 0 bridgehead atoms. The van der Waals surface area contributed by atoms with Gasteiger partial charge in [-0.15, -0.1) is 0 Å². The summed E-state index contributed by atoms with van der Waals surface area (Å²) in [5.74, 6) is -1.65. The molecule has 1 aliphatic rings. The van der Waals surface area contributed by atoms with Crippen molar-refractivity contribution in [3.63, 3.8) is 0 Å². The molecule has 1 aromatic carbocycles. The molecule has 15 heavy (non-hydrogen) atoms. The number of carbonyl (C=O) groups excluding carboxylic acids is 2. The number of ether oxygens (including phenoxy) is 1. The first kappa shape index (κ1) is 8.82. The van der Waals surface area contributed by atoms with Crippen LogP contribution in [0.3, 0.4) is 0 Å². The molecular formula is C8Cl2O5. The van der Waals surface area contributed by atoms with Gasteiger partial charge in [0, 0.05) is 0 Å². The van der Waals surface area contributed by atoms with Gasteiger partial charge in [-0.2, -0.15) is 0 Å². The number of carbonyl (C=O) groups is 2. The lowest BCUT2D eigenvalue weighted by molar-refractivity contribution is 0.0429. The van der Waals surface area contributed by atoms with Crippen LogP contribution in [-0.4, -0.2) is 11.9 Å². The molecule has 0 saturated carbocycles. The van der Waals surface area contributed by atoms with Crippen molar-refractivity contribution < 1.29 is 23.5 Å². The maximum absolute atomic E-state index is 11.3. The molecule has 0 saturated heterocycles. The van der Waals surface area contributed by atoms with Crippen LogP contribution in [0.25, 0.3) is 11.2 Å². The van der Waals surface area contributed by atoms with Gasteiger partial charge in [-0.25, -0.2) is 9.59 Å². The standard InChI is InChI=1S/C8Cl2O5/c9-3-1-2(8(12)13-7(1)11)5-6(4(3)10)15-14-5. The Hall–Kier alpha value is -1.46. The van der Waals surface area contributed by atoms with Crippen molar-refractivity contribution in [2.75, 3.05) is 0 Å². The van der Waals surface area contributed by atoms with Crippen LogP contribution in [0.2, 0.25) is 10.0 Å². The van der Waals surface area contributed by atoms with E-state index in [0.717, 1.165) is 0 Å². The average molecular weight is 247 g/mol. The van der Waals surface area contributed by atoms with E-state index < -0.39 is 11.9 Å². The van der Waals surface area contributed by atoms with Gasteiger partial charge in [-0.05, 0) is 0 Å². The van der Waals surface area contributed by atoms with Gasteiger partial charge in [0.05, 0.1) is 10.6 Å². The first-order chi connectivity index (χ1) is 7.11. The minimum atomic E-state index is -0.833. The molecule has 1 aliphatic heterocycles. The third-order valence-corrected chi connectivity index (χ3v) is 2.93. The Labute approximate surface area is 91.4 Å². The van der Waals surface area contributed by atoms with Crippen LogP contribution in [0.5, 0.6) is 0 Å². The van der Waals surface area contributed by atoms with Gasteiger partial charge in [0.15, 0.2) is 0 Å². The Morgan fingerprint density at radius 2 is 1.40 bits per heavy atom. The normalized spacial score (nSPS) is 14.8. The fraction of sp³-hybridized carbons (Fsp3) is 0. The lowest BCUT2D eigenvalue weighted by Crippen LogP contribution is -1.97. The third kappa shape index (κ3) is 0.891. The molecule has 0 aliphatic carbocycles. The van der Waals surface area contributed by atoms with E-state index in [0.29, 0.717) is 0 Å². The average Bonchev–Trinajstić information content (AvgIpc) is 2.38. The Balaban J connectivity index is 2.53. The second kappa shape index (κ2) is 2.56. The van der Waals surface area contributed by atoms with E-state index in [2.05, 4.69) is 13.9 Å². The highest BCUT2D eigenvalue weighted by molar-refractivity contribution is 6.48. The quantitative estimate of drug-likeness (QED) is 0.406. The van der Waals surface area contributed by atoms with Gasteiger partial charge in [0.2, 0.25) is 11.2 Å². The third-order valence-electron chi connectivity index (χ3n) is 2.10. The van der Waals surface area contributed by atoms with Crippen molar-refractivity contribution in [2.24, 2.45) is 0 Å². The number of benzene rings is 1. The summed E-state index contributed by atoms with van der Waals surface area (Å²) in [6, 6.07) is 0. The minimum Gasteiger partial charge on any atom is -0.386 e. The minimum absolute atomic E-state index is 0.0308. The van der Waals surface area contributed by atoms with Gasteiger partial charge in [-0.3, -0.25) is 9.15 Å². The molecule has 76 valence electrons. The zero-order valence-electron chi connectivity index (χ0n) is 6.80. The van der Waals surface area contributed by atoms with E-state index in [1.165, 1.54) is 0 Å². The Morgan fingerprint density at radius 3 is 2.00 bits per heavy atom. The maximum Gasteiger partial charge on any atom is 0.351 e. The van der Waals surface area contributed by atoms with Crippen LogP contribution >= 0.6 is 23.2 Å². The van der Waals surface area contributed by atoms with Crippen LogP contribution in [-0.2, 0) is 4.74 Å². The van der Waals surface area contributed by atoms with Crippen molar-refractivity contribution in [3.8, 4) is 0 Å². The Bertz CT molecular complexity index is 621. The fourth-order valence-corrected chi connectivity index (χ4v) is 1.89. The molecule has 0 radical (unpaired) electrons. The van der Waals surface area contributed by atoms with Gasteiger partial charge in [0.25, 0.3) is 0 Å². The van der Waals surface area contributed by atoms with Crippen molar-refractivity contribution in [1.29, 1.82) is 0 Å². The van der Waals surface area contributed by atoms with Crippen molar-refractivity contribution >= 4 is 46.3 Å². The van der Waals surface area contributed by atoms with Gasteiger partial charge in [-0.1, -0.05) is 23.2 Å². The van der Waals surface area contributed by atoms with E-state index in [9.17, 15) is 9.59 Å². The summed E-state index contributed by atoms with van der Waals surface area (Å²) in [6.07, 6.45) is 0. The summed E-state index contributed by atoms with van der Waals surface area (Å²) >= 11 is 11.6. The topological polar surface area (TPSA) is 69.7 Å². The molecule has 2 aromatic rings. The number of hydrogen-bond donors (Lipinski definition) is 0. The molecule has 0 fully saturated rings. The molecule has 0 unspecified atom stereocenters. The molecule has 0 N–H and O–H groups in total. The number of esters is 2. The number of cyclic esters (lactones) is 2. The molecule has 5 nitrogen and oxygen atoms in total. The van der Waals surface area contributed by atoms with E-state index in [1.807, 2.05) is 0 Å². The highest BCUT2D eigenvalue weighted by Crippen LogP contribution is 2.42. The lowest BCUT2D eigenvalue weighted by Gasteiger charge is -2.04. The lowest BCUT2D eigenvalue weighted by atomic mass is 10.1. The van der Waals surface area contributed by atoms with Crippen LogP contribution < -0.4 is 0 Å². The predicted molar refractivity (Wildman–Crippen MR) is 48.2 cm³/mol. The van der Waals surface area contributed by atoms with E-state index in [4.69, 9.17) is 23.2 Å². The first-order valence-corrected chi connectivity index (χ1v) is 4.53. The first-order valence-electron chi connectivity index (χ1n) is 3.77. The monoisotopic (exact) mass is 246 g/mol. The molecule has 3 rings (SSSR count). The van der Waals surface area contributed by atoms with Crippen molar-refractivity contribution in [1.82, 2.24) is 0 Å². The van der Waals surface area contributed by atoms with E-state index >= 15 is 0 Å². The summed E-state index contributed by atoms with van der Waals surface area (Å²) in [7, 11) is 0. The Kier molecular flexibility index (Phi) is 1.50. The molecular weight excluding hydrogens is 247 g/mol. The number of hydrogen-bond acceptors (Lipinski definition) is 5. The van der Waals surface area contributed by atoms with Crippen LogP contribution in [0, 0.1) is 0 Å². The molecule has 1 aromatic heterocycles. The molecule has 0 spiro atoms. The summed E-state index contributed by atoms with van der Waals surface area (Å²) in [4.78, 5) is 22.5. The molecule has 0 amide bonds. The van der Waals surface area contributed by atoms with E-state index in [1.54, 1.807) is 0 Å². The largest absolute Gasteiger partial charge is 0.386 e. The summed E-state index contributed by atoms with van der Waals surface area (Å²) in [5, 5.41) is -0.0344. The smallest absolute Gasteiger partial charge is 0.351 e. The summed E-state index contributed by atoms with van der Waals surface area (Å²) < 4.78 is 13.5. The van der Waals surface area contributed by atoms with Crippen LogP contribution in [0.4, 0.5) is 0 Å². The summed E-state index contributed by atoms with van der Waals surface area (Å²) in [6.45, 7) is 0. The van der Waals surface area contributed by atoms with Crippen molar-refractivity contribution in [2.45, 2.75) is 0 Å². The number of fused-ring (bicyclic) bond motifs is 3. The Morgan fingerprint density at radius 1 is 0.800 bits per heavy atom. The molecule has 0 atom stereocenters. The van der Waals surface area contributed by atoms with Crippen LogP contribution in [0.15, 0.2) is 9.15 Å². The van der Waals surface area contributed by atoms with Crippen LogP contribution in [0.1, 0.15) is 20.7 Å². The van der Waals surface area contributed by atoms with E-state index in [-0.39, 0.29) is 32.3 Å². The molecule has 2 heterocycles. The second-order valence-corrected chi connectivity index (χ2v) is 3.64. The van der Waals surface area contributed by atoms with Gasteiger partial charge < -0.3 is 4.74 Å². The predicted octanol–water partition coefficient (Wildman–Crippen LogP) is 2.64. The molecule has 7 heteroatoms. The zero-order valence-corrected chi connectivity index (χ0v) is 8.31. The zero-order chi connectivity index (χ0) is 10.7. The summed E-state index contributed by atoms with van der Waals surface area (Å²) in [5.41, 5.74) is 0.131.